The first kappa shape index (κ1) is 12.3. The van der Waals surface area contributed by atoms with Crippen molar-refractivity contribution in [2.24, 2.45) is 5.73 Å². The molecule has 94 valence electrons. The maximum atomic E-state index is 12.1. The first-order valence-corrected chi connectivity index (χ1v) is 7.54. The summed E-state index contributed by atoms with van der Waals surface area (Å²) in [6.45, 7) is 1.83. The molecule has 0 bridgehead atoms. The van der Waals surface area contributed by atoms with Gasteiger partial charge in [0.1, 0.15) is 0 Å². The Labute approximate surface area is 97.0 Å². The highest BCUT2D eigenvalue weighted by Gasteiger charge is 2.30. The lowest BCUT2D eigenvalue weighted by Gasteiger charge is -2.30. The van der Waals surface area contributed by atoms with Gasteiger partial charge in [0.25, 0.3) is 0 Å². The van der Waals surface area contributed by atoms with Gasteiger partial charge in [-0.1, -0.05) is 0 Å². The molecule has 0 spiro atoms. The highest BCUT2D eigenvalue weighted by atomic mass is 32.2. The van der Waals surface area contributed by atoms with Crippen LogP contribution in [0.15, 0.2) is 0 Å². The quantitative estimate of drug-likeness (QED) is 0.758. The van der Waals surface area contributed by atoms with Gasteiger partial charge in [0.2, 0.25) is 10.0 Å². The van der Waals surface area contributed by atoms with Crippen molar-refractivity contribution in [2.45, 2.75) is 37.8 Å². The smallest absolute Gasteiger partial charge is 0.216 e. The van der Waals surface area contributed by atoms with Crippen LogP contribution in [0.3, 0.4) is 0 Å². The van der Waals surface area contributed by atoms with E-state index in [0.717, 1.165) is 25.7 Å². The average molecular weight is 248 g/mol. The van der Waals surface area contributed by atoms with E-state index in [2.05, 4.69) is 0 Å². The van der Waals surface area contributed by atoms with Gasteiger partial charge in [0.05, 0.1) is 11.9 Å². The maximum absolute atomic E-state index is 12.1. The molecule has 6 heteroatoms. The second-order valence-corrected chi connectivity index (χ2v) is 6.66. The van der Waals surface area contributed by atoms with E-state index in [0.29, 0.717) is 19.7 Å². The SMILES string of the molecule is NC1CCN(S(=O)(=O)CC2CCCO2)CC1. The van der Waals surface area contributed by atoms with Gasteiger partial charge in [-0.15, -0.1) is 0 Å². The van der Waals surface area contributed by atoms with Crippen LogP contribution >= 0.6 is 0 Å². The summed E-state index contributed by atoms with van der Waals surface area (Å²) >= 11 is 0. The van der Waals surface area contributed by atoms with Gasteiger partial charge < -0.3 is 10.5 Å². The van der Waals surface area contributed by atoms with Gasteiger partial charge in [-0.2, -0.15) is 0 Å². The lowest BCUT2D eigenvalue weighted by molar-refractivity contribution is 0.126. The van der Waals surface area contributed by atoms with Crippen molar-refractivity contribution in [1.82, 2.24) is 4.31 Å². The molecule has 0 aromatic heterocycles. The van der Waals surface area contributed by atoms with Gasteiger partial charge in [-0.25, -0.2) is 12.7 Å². The van der Waals surface area contributed by atoms with Crippen molar-refractivity contribution in [3.05, 3.63) is 0 Å². The van der Waals surface area contributed by atoms with Crippen molar-refractivity contribution >= 4 is 10.0 Å². The third-order valence-electron chi connectivity index (χ3n) is 3.31. The zero-order chi connectivity index (χ0) is 11.6. The van der Waals surface area contributed by atoms with E-state index in [1.54, 1.807) is 4.31 Å². The van der Waals surface area contributed by atoms with Crippen molar-refractivity contribution < 1.29 is 13.2 Å². The molecular weight excluding hydrogens is 228 g/mol. The monoisotopic (exact) mass is 248 g/mol. The molecule has 2 rings (SSSR count). The third-order valence-corrected chi connectivity index (χ3v) is 5.26. The summed E-state index contributed by atoms with van der Waals surface area (Å²) in [7, 11) is -3.14. The fraction of sp³-hybridized carbons (Fsp3) is 1.00. The molecule has 0 aromatic rings. The van der Waals surface area contributed by atoms with Crippen LogP contribution in [0, 0.1) is 0 Å². The van der Waals surface area contributed by atoms with E-state index in [1.807, 2.05) is 0 Å². The molecule has 2 fully saturated rings. The van der Waals surface area contributed by atoms with Crippen LogP contribution < -0.4 is 5.73 Å². The predicted molar refractivity (Wildman–Crippen MR) is 61.5 cm³/mol. The molecule has 2 aliphatic heterocycles. The molecule has 2 N–H and O–H groups in total. The molecule has 0 aliphatic carbocycles. The van der Waals surface area contributed by atoms with Crippen LogP contribution in [0.4, 0.5) is 0 Å². The molecule has 5 nitrogen and oxygen atoms in total. The summed E-state index contributed by atoms with van der Waals surface area (Å²) < 4.78 is 31.0. The number of piperidine rings is 1. The zero-order valence-electron chi connectivity index (χ0n) is 9.47. The largest absolute Gasteiger partial charge is 0.377 e. The molecule has 2 aliphatic rings. The van der Waals surface area contributed by atoms with Gasteiger partial charge in [-0.3, -0.25) is 0 Å². The lowest BCUT2D eigenvalue weighted by Crippen LogP contribution is -2.45. The number of nitrogens with zero attached hydrogens (tertiary/aromatic N) is 1. The zero-order valence-corrected chi connectivity index (χ0v) is 10.3. The predicted octanol–water partition coefficient (Wildman–Crippen LogP) is -0.0817. The van der Waals surface area contributed by atoms with Crippen LogP contribution in [-0.4, -0.2) is 50.3 Å². The number of rotatable bonds is 3. The van der Waals surface area contributed by atoms with Crippen LogP contribution in [0.1, 0.15) is 25.7 Å². The van der Waals surface area contributed by atoms with Gasteiger partial charge >= 0.3 is 0 Å². The van der Waals surface area contributed by atoms with E-state index in [9.17, 15) is 8.42 Å². The molecular formula is C10H20N2O3S. The molecule has 16 heavy (non-hydrogen) atoms. The molecule has 0 amide bonds. The first-order chi connectivity index (χ1) is 7.58. The van der Waals surface area contributed by atoms with Crippen LogP contribution in [0.2, 0.25) is 0 Å². The van der Waals surface area contributed by atoms with Crippen LogP contribution in [-0.2, 0) is 14.8 Å². The summed E-state index contributed by atoms with van der Waals surface area (Å²) in [5.41, 5.74) is 5.76. The van der Waals surface area contributed by atoms with E-state index >= 15 is 0 Å². The summed E-state index contributed by atoms with van der Waals surface area (Å²) in [5.74, 6) is 0.141. The number of ether oxygens (including phenoxy) is 1. The Hall–Kier alpha value is -0.170. The highest BCUT2D eigenvalue weighted by molar-refractivity contribution is 7.89. The second kappa shape index (κ2) is 5.00. The molecule has 1 unspecified atom stereocenters. The van der Waals surface area contributed by atoms with E-state index in [-0.39, 0.29) is 17.9 Å². The third kappa shape index (κ3) is 2.94. The Morgan fingerprint density at radius 3 is 2.50 bits per heavy atom. The molecule has 2 heterocycles. The fourth-order valence-electron chi connectivity index (χ4n) is 2.27. The van der Waals surface area contributed by atoms with Crippen molar-refractivity contribution in [3.8, 4) is 0 Å². The topological polar surface area (TPSA) is 72.6 Å². The number of hydrogen-bond donors (Lipinski definition) is 1. The van der Waals surface area contributed by atoms with Gasteiger partial charge in [-0.05, 0) is 25.7 Å². The average Bonchev–Trinajstić information content (AvgIpc) is 2.70. The van der Waals surface area contributed by atoms with Crippen molar-refractivity contribution in [1.29, 1.82) is 0 Å². The maximum Gasteiger partial charge on any atom is 0.216 e. The Morgan fingerprint density at radius 2 is 1.94 bits per heavy atom. The normalized spacial score (nSPS) is 29.7. The Bertz CT molecular complexity index is 317. The Morgan fingerprint density at radius 1 is 1.25 bits per heavy atom. The minimum Gasteiger partial charge on any atom is -0.377 e. The molecule has 2 saturated heterocycles. The Kier molecular flexibility index (Phi) is 3.84. The molecule has 0 saturated carbocycles. The summed E-state index contributed by atoms with van der Waals surface area (Å²) in [4.78, 5) is 0. The molecule has 0 aromatic carbocycles. The lowest BCUT2D eigenvalue weighted by atomic mass is 10.1. The van der Waals surface area contributed by atoms with E-state index in [4.69, 9.17) is 10.5 Å². The van der Waals surface area contributed by atoms with Crippen molar-refractivity contribution in [3.63, 3.8) is 0 Å². The number of sulfonamides is 1. The standard InChI is InChI=1S/C10H20N2O3S/c11-9-3-5-12(6-4-9)16(13,14)8-10-2-1-7-15-10/h9-10H,1-8,11H2. The second-order valence-electron chi connectivity index (χ2n) is 4.65. The van der Waals surface area contributed by atoms with Gasteiger partial charge in [0.15, 0.2) is 0 Å². The summed E-state index contributed by atoms with van der Waals surface area (Å²) in [5, 5.41) is 0. The van der Waals surface area contributed by atoms with Gasteiger partial charge in [0, 0.05) is 25.7 Å². The summed E-state index contributed by atoms with van der Waals surface area (Å²) in [6, 6.07) is 0.161. The Balaban J connectivity index is 1.90. The molecule has 0 radical (unpaired) electrons. The van der Waals surface area contributed by atoms with Crippen molar-refractivity contribution in [2.75, 3.05) is 25.4 Å². The minimum atomic E-state index is -3.14. The molecule has 1 atom stereocenters. The van der Waals surface area contributed by atoms with Crippen LogP contribution in [0.5, 0.6) is 0 Å². The van der Waals surface area contributed by atoms with E-state index < -0.39 is 10.0 Å². The number of nitrogens with two attached hydrogens (primary N) is 1. The van der Waals surface area contributed by atoms with E-state index in [1.165, 1.54) is 0 Å². The number of hydrogen-bond acceptors (Lipinski definition) is 4. The minimum absolute atomic E-state index is 0.0967. The highest BCUT2D eigenvalue weighted by Crippen LogP contribution is 2.18. The van der Waals surface area contributed by atoms with Crippen LogP contribution in [0.25, 0.3) is 0 Å². The summed E-state index contributed by atoms with van der Waals surface area (Å²) in [6.07, 6.45) is 3.29. The first-order valence-electron chi connectivity index (χ1n) is 5.93. The fourth-order valence-corrected chi connectivity index (χ4v) is 3.98.